The topological polar surface area (TPSA) is 24.9 Å². The quantitative estimate of drug-likeness (QED) is 0.880. The van der Waals surface area contributed by atoms with Crippen molar-refractivity contribution in [3.05, 3.63) is 51.5 Å². The second kappa shape index (κ2) is 5.66. The zero-order chi connectivity index (χ0) is 14.1. The fourth-order valence-electron chi connectivity index (χ4n) is 2.56. The molecular weight excluding hydrogens is 264 g/mol. The van der Waals surface area contributed by atoms with Crippen molar-refractivity contribution >= 4 is 11.3 Å². The summed E-state index contributed by atoms with van der Waals surface area (Å²) >= 11 is 1.75. The first-order valence-corrected chi connectivity index (χ1v) is 8.29. The normalized spacial score (nSPS) is 16.6. The van der Waals surface area contributed by atoms with Gasteiger partial charge in [0, 0.05) is 17.1 Å². The van der Waals surface area contributed by atoms with Crippen LogP contribution in [0, 0.1) is 6.92 Å². The van der Waals surface area contributed by atoms with E-state index in [1.165, 1.54) is 29.0 Å². The highest BCUT2D eigenvalue weighted by Crippen LogP contribution is 2.41. The van der Waals surface area contributed by atoms with E-state index in [1.807, 2.05) is 0 Å². The molecule has 2 nitrogen and oxygen atoms in total. The molecule has 1 N–H and O–H groups in total. The first-order chi connectivity index (χ1) is 9.63. The van der Waals surface area contributed by atoms with Crippen molar-refractivity contribution in [2.45, 2.75) is 51.6 Å². The van der Waals surface area contributed by atoms with Gasteiger partial charge in [0.25, 0.3) is 0 Å². The van der Waals surface area contributed by atoms with Crippen LogP contribution in [0.3, 0.4) is 0 Å². The fraction of sp³-hybridized carbons (Fsp3) is 0.471. The lowest BCUT2D eigenvalue weighted by Crippen LogP contribution is -2.29. The van der Waals surface area contributed by atoms with E-state index in [0.717, 1.165) is 11.6 Å². The van der Waals surface area contributed by atoms with Crippen molar-refractivity contribution in [3.63, 3.8) is 0 Å². The van der Waals surface area contributed by atoms with E-state index in [4.69, 9.17) is 0 Å². The lowest BCUT2D eigenvalue weighted by atomic mass is 10.0. The molecule has 0 radical (unpaired) electrons. The minimum absolute atomic E-state index is 0.215. The minimum atomic E-state index is 0.215. The van der Waals surface area contributed by atoms with Crippen LogP contribution in [-0.2, 0) is 0 Å². The summed E-state index contributed by atoms with van der Waals surface area (Å²) in [5.41, 5.74) is 3.95. The summed E-state index contributed by atoms with van der Waals surface area (Å²) in [6.45, 7) is 6.45. The smallest absolute Gasteiger partial charge is 0.114 e. The number of rotatable bonds is 5. The van der Waals surface area contributed by atoms with Crippen molar-refractivity contribution < 1.29 is 0 Å². The Labute approximate surface area is 125 Å². The third-order valence-corrected chi connectivity index (χ3v) is 4.70. The number of benzene rings is 1. The molecule has 0 aliphatic heterocycles. The van der Waals surface area contributed by atoms with Crippen LogP contribution >= 0.6 is 11.3 Å². The number of hydrogen-bond acceptors (Lipinski definition) is 3. The number of hydrogen-bond donors (Lipinski definition) is 1. The second-order valence-corrected chi connectivity index (χ2v) is 6.92. The predicted molar refractivity (Wildman–Crippen MR) is 85.4 cm³/mol. The molecule has 1 heterocycles. The van der Waals surface area contributed by atoms with Gasteiger partial charge in [-0.2, -0.15) is 0 Å². The van der Waals surface area contributed by atoms with Crippen LogP contribution in [-0.4, -0.2) is 11.0 Å². The highest BCUT2D eigenvalue weighted by atomic mass is 32.1. The van der Waals surface area contributed by atoms with Crippen molar-refractivity contribution in [2.75, 3.05) is 0 Å². The highest BCUT2D eigenvalue weighted by Gasteiger charge is 2.25. The van der Waals surface area contributed by atoms with Crippen molar-refractivity contribution in [1.82, 2.24) is 10.3 Å². The Balaban J connectivity index is 1.93. The molecule has 0 amide bonds. The van der Waals surface area contributed by atoms with E-state index in [2.05, 4.69) is 60.7 Å². The second-order valence-electron chi connectivity index (χ2n) is 6.03. The Morgan fingerprint density at radius 3 is 2.70 bits per heavy atom. The molecule has 0 spiro atoms. The predicted octanol–water partition coefficient (Wildman–Crippen LogP) is 4.42. The molecule has 0 bridgehead atoms. The zero-order valence-electron chi connectivity index (χ0n) is 12.4. The molecule has 1 aliphatic carbocycles. The van der Waals surface area contributed by atoms with Gasteiger partial charge < -0.3 is 5.32 Å². The SMILES string of the molecule is Cc1csc(C(NC(C)C)c2cccc(C3CC3)c2)n1. The monoisotopic (exact) mass is 286 g/mol. The third kappa shape index (κ3) is 3.10. The van der Waals surface area contributed by atoms with Crippen molar-refractivity contribution in [3.8, 4) is 0 Å². The molecule has 1 aliphatic rings. The van der Waals surface area contributed by atoms with Gasteiger partial charge in [0.05, 0.1) is 6.04 Å². The van der Waals surface area contributed by atoms with Gasteiger partial charge in [-0.1, -0.05) is 24.3 Å². The fourth-order valence-corrected chi connectivity index (χ4v) is 3.44. The van der Waals surface area contributed by atoms with Crippen molar-refractivity contribution in [1.29, 1.82) is 0 Å². The van der Waals surface area contributed by atoms with E-state index in [0.29, 0.717) is 6.04 Å². The van der Waals surface area contributed by atoms with E-state index in [1.54, 1.807) is 11.3 Å². The van der Waals surface area contributed by atoms with Gasteiger partial charge in [0.15, 0.2) is 0 Å². The maximum atomic E-state index is 4.69. The van der Waals surface area contributed by atoms with Crippen LogP contribution < -0.4 is 5.32 Å². The van der Waals surface area contributed by atoms with Crippen LogP contribution in [0.15, 0.2) is 29.6 Å². The van der Waals surface area contributed by atoms with Gasteiger partial charge in [0.1, 0.15) is 5.01 Å². The Morgan fingerprint density at radius 1 is 1.30 bits per heavy atom. The van der Waals surface area contributed by atoms with Crippen LogP contribution in [0.1, 0.15) is 60.5 Å². The summed E-state index contributed by atoms with van der Waals surface area (Å²) in [7, 11) is 0. The standard InChI is InChI=1S/C17H22N2S/c1-11(2)18-16(17-19-12(3)10-20-17)15-6-4-5-14(9-15)13-7-8-13/h4-6,9-11,13,16,18H,7-8H2,1-3H3. The Bertz CT molecular complexity index is 584. The molecule has 1 saturated carbocycles. The van der Waals surface area contributed by atoms with E-state index < -0.39 is 0 Å². The van der Waals surface area contributed by atoms with E-state index >= 15 is 0 Å². The number of nitrogens with zero attached hydrogens (tertiary/aromatic N) is 1. The first-order valence-electron chi connectivity index (χ1n) is 7.41. The summed E-state index contributed by atoms with van der Waals surface area (Å²) in [4.78, 5) is 4.69. The molecule has 3 rings (SSSR count). The number of nitrogens with one attached hydrogen (secondary N) is 1. The average Bonchev–Trinajstić information content (AvgIpc) is 3.19. The van der Waals surface area contributed by atoms with E-state index in [-0.39, 0.29) is 6.04 Å². The first kappa shape index (κ1) is 13.8. The Kier molecular flexibility index (Phi) is 3.90. The van der Waals surface area contributed by atoms with E-state index in [9.17, 15) is 0 Å². The number of aromatic nitrogens is 1. The molecule has 1 atom stereocenters. The summed E-state index contributed by atoms with van der Waals surface area (Å²) in [6.07, 6.45) is 2.70. The molecule has 3 heteroatoms. The summed E-state index contributed by atoms with van der Waals surface area (Å²) in [5.74, 6) is 0.799. The summed E-state index contributed by atoms with van der Waals surface area (Å²) in [6, 6.07) is 9.71. The minimum Gasteiger partial charge on any atom is -0.302 e. The van der Waals surface area contributed by atoms with Gasteiger partial charge in [-0.15, -0.1) is 11.3 Å². The summed E-state index contributed by atoms with van der Waals surface area (Å²) < 4.78 is 0. The lowest BCUT2D eigenvalue weighted by Gasteiger charge is -2.20. The van der Waals surface area contributed by atoms with Crippen LogP contribution in [0.4, 0.5) is 0 Å². The Hall–Kier alpha value is -1.19. The number of aryl methyl sites for hydroxylation is 1. The Morgan fingerprint density at radius 2 is 2.10 bits per heavy atom. The van der Waals surface area contributed by atoms with Gasteiger partial charge in [-0.25, -0.2) is 4.98 Å². The van der Waals surface area contributed by atoms with Gasteiger partial charge >= 0.3 is 0 Å². The number of thiazole rings is 1. The lowest BCUT2D eigenvalue weighted by molar-refractivity contribution is 0.526. The molecule has 1 unspecified atom stereocenters. The zero-order valence-corrected chi connectivity index (χ0v) is 13.2. The third-order valence-electron chi connectivity index (χ3n) is 3.68. The molecule has 0 saturated heterocycles. The van der Waals surface area contributed by atoms with Gasteiger partial charge in [-0.05, 0) is 50.7 Å². The molecule has 2 aromatic rings. The average molecular weight is 286 g/mol. The maximum Gasteiger partial charge on any atom is 0.114 e. The maximum absolute atomic E-state index is 4.69. The van der Waals surface area contributed by atoms with Crippen molar-refractivity contribution in [2.24, 2.45) is 0 Å². The summed E-state index contributed by atoms with van der Waals surface area (Å²) in [5, 5.41) is 6.96. The van der Waals surface area contributed by atoms with Crippen LogP contribution in [0.5, 0.6) is 0 Å². The molecule has 1 aromatic carbocycles. The van der Waals surface area contributed by atoms with Gasteiger partial charge in [0.2, 0.25) is 0 Å². The molecule has 1 fully saturated rings. The molecular formula is C17H22N2S. The molecule has 20 heavy (non-hydrogen) atoms. The van der Waals surface area contributed by atoms with Gasteiger partial charge in [-0.3, -0.25) is 0 Å². The van der Waals surface area contributed by atoms with Crippen LogP contribution in [0.25, 0.3) is 0 Å². The molecule has 1 aromatic heterocycles. The largest absolute Gasteiger partial charge is 0.302 e. The van der Waals surface area contributed by atoms with Crippen LogP contribution in [0.2, 0.25) is 0 Å². The highest BCUT2D eigenvalue weighted by molar-refractivity contribution is 7.09. The molecule has 106 valence electrons.